The van der Waals surface area contributed by atoms with Crippen molar-refractivity contribution in [1.82, 2.24) is 0 Å². The molecule has 0 N–H and O–H groups in total. The molecule has 0 saturated heterocycles. The highest BCUT2D eigenvalue weighted by molar-refractivity contribution is 5.88. The van der Waals surface area contributed by atoms with E-state index in [4.69, 9.17) is 14.2 Å². The van der Waals surface area contributed by atoms with Gasteiger partial charge in [-0.1, -0.05) is 13.2 Å². The molecule has 0 aromatic heterocycles. The molecule has 0 fully saturated rings. The van der Waals surface area contributed by atoms with E-state index in [9.17, 15) is 35.9 Å². The molecule has 0 spiro atoms. The van der Waals surface area contributed by atoms with Crippen LogP contribution in [0.3, 0.4) is 0 Å². The van der Waals surface area contributed by atoms with Crippen molar-refractivity contribution in [1.29, 1.82) is 0 Å². The molecular weight excluding hydrogens is 470 g/mol. The van der Waals surface area contributed by atoms with Gasteiger partial charge < -0.3 is 14.2 Å². The van der Waals surface area contributed by atoms with E-state index in [1.165, 1.54) is 0 Å². The topological polar surface area (TPSA) is 61.8 Å². The van der Waals surface area contributed by atoms with Gasteiger partial charge in [-0.25, -0.2) is 0 Å². The van der Waals surface area contributed by atoms with Gasteiger partial charge in [-0.2, -0.15) is 26.3 Å². The van der Waals surface area contributed by atoms with Crippen LogP contribution in [0.15, 0.2) is 37.4 Å². The first-order chi connectivity index (χ1) is 15.8. The van der Waals surface area contributed by atoms with E-state index in [1.807, 2.05) is 0 Å². The second-order valence-electron chi connectivity index (χ2n) is 7.21. The van der Waals surface area contributed by atoms with Crippen molar-refractivity contribution in [3.8, 4) is 11.5 Å². The second kappa shape index (κ2) is 8.23. The van der Waals surface area contributed by atoms with Crippen molar-refractivity contribution < 1.29 is 50.1 Å². The number of hydrogen-bond acceptors (Lipinski definition) is 5. The highest BCUT2D eigenvalue weighted by Crippen LogP contribution is 2.63. The molecule has 0 amide bonds. The third kappa shape index (κ3) is 3.42. The first kappa shape index (κ1) is 24.9. The molecule has 5 nitrogen and oxygen atoms in total. The highest BCUT2D eigenvalue weighted by Gasteiger charge is 2.75. The average Bonchev–Trinajstić information content (AvgIpc) is 2.77. The van der Waals surface area contributed by atoms with Crippen molar-refractivity contribution in [2.45, 2.75) is 17.8 Å². The SMILES string of the molecule is C=C(OC)c1cc2c(cc1C=O)Oc1cc(C=O)c(C(=C)OC)cc1C2(C(F)(F)F)C(F)(F)F. The zero-order valence-electron chi connectivity index (χ0n) is 17.7. The Kier molecular flexibility index (Phi) is 6.02. The smallest absolute Gasteiger partial charge is 0.411 e. The van der Waals surface area contributed by atoms with Crippen LogP contribution >= 0.6 is 0 Å². The Bertz CT molecular complexity index is 1120. The van der Waals surface area contributed by atoms with Crippen LogP contribution in [0.1, 0.15) is 43.0 Å². The summed E-state index contributed by atoms with van der Waals surface area (Å²) in [5.41, 5.74) is -8.64. The molecule has 2 aromatic rings. The zero-order chi connectivity index (χ0) is 25.6. The lowest BCUT2D eigenvalue weighted by atomic mass is 9.69. The Labute approximate surface area is 189 Å². The summed E-state index contributed by atoms with van der Waals surface area (Å²) >= 11 is 0. The van der Waals surface area contributed by atoms with Crippen LogP contribution in [0.25, 0.3) is 11.5 Å². The van der Waals surface area contributed by atoms with Gasteiger partial charge in [0.1, 0.15) is 23.0 Å². The predicted octanol–water partition coefficient (Wildman–Crippen LogP) is 6.06. The van der Waals surface area contributed by atoms with E-state index in [0.717, 1.165) is 26.4 Å². The quantitative estimate of drug-likeness (QED) is 0.282. The molecular formula is C23H16F6O5. The van der Waals surface area contributed by atoms with Crippen LogP contribution in [0.2, 0.25) is 0 Å². The number of carbonyl (C=O) groups is 2. The number of methoxy groups -OCH3 is 2. The first-order valence-corrected chi connectivity index (χ1v) is 9.33. The maximum Gasteiger partial charge on any atom is 0.411 e. The summed E-state index contributed by atoms with van der Waals surface area (Å²) in [6, 6.07) is 2.51. The van der Waals surface area contributed by atoms with E-state index in [1.54, 1.807) is 0 Å². The largest absolute Gasteiger partial charge is 0.497 e. The molecule has 2 aromatic carbocycles. The summed E-state index contributed by atoms with van der Waals surface area (Å²) in [6.07, 6.45) is -11.5. The Morgan fingerprint density at radius 1 is 0.794 bits per heavy atom. The van der Waals surface area contributed by atoms with Crippen molar-refractivity contribution in [2.24, 2.45) is 0 Å². The molecule has 3 rings (SSSR count). The van der Waals surface area contributed by atoms with E-state index in [-0.39, 0.29) is 46.3 Å². The van der Waals surface area contributed by atoms with Gasteiger partial charge in [0.15, 0.2) is 12.6 Å². The van der Waals surface area contributed by atoms with Crippen molar-refractivity contribution >= 4 is 24.1 Å². The molecule has 0 aliphatic carbocycles. The minimum atomic E-state index is -5.94. The fourth-order valence-corrected chi connectivity index (χ4v) is 3.88. The molecule has 1 aliphatic heterocycles. The van der Waals surface area contributed by atoms with Gasteiger partial charge in [0.05, 0.1) is 14.2 Å². The Hall–Kier alpha value is -3.76. The number of ether oxygens (including phenoxy) is 3. The molecule has 34 heavy (non-hydrogen) atoms. The lowest BCUT2D eigenvalue weighted by Crippen LogP contribution is -2.56. The maximum absolute atomic E-state index is 14.6. The van der Waals surface area contributed by atoms with Gasteiger partial charge in [0, 0.05) is 33.4 Å². The van der Waals surface area contributed by atoms with Gasteiger partial charge in [-0.3, -0.25) is 9.59 Å². The van der Waals surface area contributed by atoms with Gasteiger partial charge >= 0.3 is 12.4 Å². The van der Waals surface area contributed by atoms with E-state index >= 15 is 0 Å². The summed E-state index contributed by atoms with van der Waals surface area (Å²) in [4.78, 5) is 23.0. The molecule has 11 heteroatoms. The molecule has 0 atom stereocenters. The predicted molar refractivity (Wildman–Crippen MR) is 109 cm³/mol. The lowest BCUT2D eigenvalue weighted by Gasteiger charge is -2.43. The second-order valence-corrected chi connectivity index (χ2v) is 7.21. The minimum Gasteiger partial charge on any atom is -0.497 e. The fourth-order valence-electron chi connectivity index (χ4n) is 3.88. The standard InChI is InChI=1S/C23H16F6O5/c1-11(32-3)15-7-17-19(5-13(15)9-30)34-20-6-14(10-31)16(12(2)33-4)8-18(20)21(17,22(24,25)26)23(27,28)29/h5-10H,1-2H2,3-4H3. The summed E-state index contributed by atoms with van der Waals surface area (Å²) in [5, 5.41) is 0. The Morgan fingerprint density at radius 2 is 1.15 bits per heavy atom. The monoisotopic (exact) mass is 486 g/mol. The van der Waals surface area contributed by atoms with Crippen molar-refractivity contribution in [3.63, 3.8) is 0 Å². The number of benzene rings is 2. The lowest BCUT2D eigenvalue weighted by molar-refractivity contribution is -0.290. The van der Waals surface area contributed by atoms with E-state index < -0.39 is 40.4 Å². The van der Waals surface area contributed by atoms with Crippen LogP contribution in [0, 0.1) is 0 Å². The number of alkyl halides is 6. The summed E-state index contributed by atoms with van der Waals surface area (Å²) in [6.45, 7) is 6.87. The van der Waals surface area contributed by atoms with Crippen LogP contribution < -0.4 is 4.74 Å². The maximum atomic E-state index is 14.6. The average molecular weight is 486 g/mol. The number of rotatable bonds is 6. The van der Waals surface area contributed by atoms with Gasteiger partial charge in [-0.05, 0) is 24.3 Å². The summed E-state index contributed by atoms with van der Waals surface area (Å²) in [7, 11) is 2.18. The number of fused-ring (bicyclic) bond motifs is 2. The molecule has 180 valence electrons. The third-order valence-corrected chi connectivity index (χ3v) is 5.53. The van der Waals surface area contributed by atoms with E-state index in [0.29, 0.717) is 12.1 Å². The van der Waals surface area contributed by atoms with Crippen LogP contribution in [-0.2, 0) is 14.9 Å². The molecule has 0 saturated carbocycles. The van der Waals surface area contributed by atoms with Crippen molar-refractivity contribution in [2.75, 3.05) is 14.2 Å². The van der Waals surface area contributed by atoms with Crippen LogP contribution in [0.4, 0.5) is 26.3 Å². The van der Waals surface area contributed by atoms with E-state index in [2.05, 4.69) is 13.2 Å². The first-order valence-electron chi connectivity index (χ1n) is 9.33. The zero-order valence-corrected chi connectivity index (χ0v) is 17.7. The van der Waals surface area contributed by atoms with Crippen LogP contribution in [0.5, 0.6) is 11.5 Å². The fraction of sp³-hybridized carbons (Fsp3) is 0.217. The van der Waals surface area contributed by atoms with Gasteiger partial charge in [0.2, 0.25) is 5.41 Å². The normalized spacial score (nSPS) is 14.2. The van der Waals surface area contributed by atoms with Crippen molar-refractivity contribution in [3.05, 3.63) is 70.8 Å². The molecule has 1 heterocycles. The van der Waals surface area contributed by atoms with Crippen LogP contribution in [-0.4, -0.2) is 39.1 Å². The Balaban J connectivity index is 2.58. The van der Waals surface area contributed by atoms with Gasteiger partial charge in [-0.15, -0.1) is 0 Å². The Morgan fingerprint density at radius 3 is 1.41 bits per heavy atom. The molecule has 0 unspecified atom stereocenters. The molecule has 1 aliphatic rings. The third-order valence-electron chi connectivity index (χ3n) is 5.53. The number of hydrogen-bond donors (Lipinski definition) is 0. The summed E-state index contributed by atoms with van der Waals surface area (Å²) < 4.78 is 103. The molecule has 0 bridgehead atoms. The minimum absolute atomic E-state index is 0.212. The number of carbonyl (C=O) groups excluding carboxylic acids is 2. The summed E-state index contributed by atoms with van der Waals surface area (Å²) in [5.74, 6) is -2.41. The number of halogens is 6. The number of aldehydes is 2. The molecule has 0 radical (unpaired) electrons. The highest BCUT2D eigenvalue weighted by atomic mass is 19.4. The van der Waals surface area contributed by atoms with Gasteiger partial charge in [0.25, 0.3) is 0 Å².